The first-order valence-electron chi connectivity index (χ1n) is 10.2. The molecule has 1 saturated heterocycles. The van der Waals surface area contributed by atoms with E-state index in [2.05, 4.69) is 16.3 Å². The van der Waals surface area contributed by atoms with E-state index in [0.717, 1.165) is 49.4 Å². The average molecular weight is 423 g/mol. The van der Waals surface area contributed by atoms with Crippen molar-refractivity contribution in [3.63, 3.8) is 0 Å². The van der Waals surface area contributed by atoms with Crippen molar-refractivity contribution < 1.29 is 23.8 Å². The van der Waals surface area contributed by atoms with Crippen LogP contribution in [0.25, 0.3) is 11.3 Å². The van der Waals surface area contributed by atoms with Crippen LogP contribution >= 0.6 is 0 Å². The van der Waals surface area contributed by atoms with Gasteiger partial charge in [0, 0.05) is 55.1 Å². The van der Waals surface area contributed by atoms with Crippen LogP contribution in [-0.4, -0.2) is 59.5 Å². The lowest BCUT2D eigenvalue weighted by molar-refractivity contribution is -0.138. The first-order chi connectivity index (χ1) is 15.0. The van der Waals surface area contributed by atoms with Crippen molar-refractivity contribution in [2.24, 2.45) is 0 Å². The highest BCUT2D eigenvalue weighted by molar-refractivity contribution is 6.36. The number of fused-ring (bicyclic) bond motifs is 2. The van der Waals surface area contributed by atoms with Crippen LogP contribution in [0.4, 0.5) is 10.1 Å². The third-order valence-electron chi connectivity index (χ3n) is 5.97. The molecule has 0 radical (unpaired) electrons. The van der Waals surface area contributed by atoms with Crippen LogP contribution in [0.1, 0.15) is 22.3 Å². The second kappa shape index (κ2) is 7.79. The Balaban J connectivity index is 1.35. The normalized spacial score (nSPS) is 20.9. The number of benzene rings is 2. The van der Waals surface area contributed by atoms with Gasteiger partial charge in [-0.25, -0.2) is 4.39 Å². The minimum absolute atomic E-state index is 0.0854. The second-order valence-corrected chi connectivity index (χ2v) is 8.07. The van der Waals surface area contributed by atoms with Crippen LogP contribution in [0.2, 0.25) is 0 Å². The maximum atomic E-state index is 13.8. The zero-order chi connectivity index (χ0) is 21.5. The van der Waals surface area contributed by atoms with Crippen LogP contribution < -0.4 is 5.32 Å². The fourth-order valence-corrected chi connectivity index (χ4v) is 4.44. The monoisotopic (exact) mass is 423 g/mol. The molecule has 0 bridgehead atoms. The summed E-state index contributed by atoms with van der Waals surface area (Å²) < 4.78 is 19.7. The van der Waals surface area contributed by atoms with Crippen LogP contribution in [0.15, 0.2) is 36.4 Å². The number of nitrogens with one attached hydrogen (secondary N) is 1. The maximum absolute atomic E-state index is 13.8. The van der Waals surface area contributed by atoms with Crippen molar-refractivity contribution in [2.75, 3.05) is 38.0 Å². The number of carboxylic acids is 1. The Bertz CT molecular complexity index is 1110. The van der Waals surface area contributed by atoms with Gasteiger partial charge in [0.25, 0.3) is 5.91 Å². The molecule has 2 aromatic carbocycles. The number of halogens is 1. The molecule has 5 rings (SSSR count). The van der Waals surface area contributed by atoms with Crippen LogP contribution in [0.5, 0.6) is 0 Å². The summed E-state index contributed by atoms with van der Waals surface area (Å²) in [4.78, 5) is 27.7. The van der Waals surface area contributed by atoms with Gasteiger partial charge in [-0.1, -0.05) is 18.2 Å². The zero-order valence-electron chi connectivity index (χ0n) is 16.9. The molecule has 31 heavy (non-hydrogen) atoms. The molecule has 0 unspecified atom stereocenters. The lowest BCUT2D eigenvalue weighted by atomic mass is 9.99. The van der Waals surface area contributed by atoms with Gasteiger partial charge < -0.3 is 15.2 Å². The van der Waals surface area contributed by atoms with Gasteiger partial charge in [-0.15, -0.1) is 0 Å². The predicted molar refractivity (Wildman–Crippen MR) is 112 cm³/mol. The van der Waals surface area contributed by atoms with E-state index in [0.29, 0.717) is 29.2 Å². The molecule has 0 atom stereocenters. The SMILES string of the molecule is O=C(O)CN1CCN(Cc2ccc3c(c2)CO/C3=C2/C(=O)Nc3ccc(F)cc32)CC1. The molecule has 3 heterocycles. The molecule has 2 aromatic rings. The molecule has 2 N–H and O–H groups in total. The van der Waals surface area contributed by atoms with Crippen LogP contribution in [-0.2, 0) is 27.5 Å². The summed E-state index contributed by atoms with van der Waals surface area (Å²) in [6, 6.07) is 10.3. The molecule has 1 fully saturated rings. The molecule has 0 saturated carbocycles. The Hall–Kier alpha value is -3.23. The Morgan fingerprint density at radius 1 is 1.06 bits per heavy atom. The number of ether oxygens (including phenoxy) is 1. The van der Waals surface area contributed by atoms with Gasteiger partial charge >= 0.3 is 5.97 Å². The smallest absolute Gasteiger partial charge is 0.317 e. The molecular weight excluding hydrogens is 401 g/mol. The first-order valence-corrected chi connectivity index (χ1v) is 10.2. The molecule has 7 nitrogen and oxygen atoms in total. The number of carbonyl (C=O) groups excluding carboxylic acids is 1. The first kappa shape index (κ1) is 19.7. The van der Waals surface area contributed by atoms with E-state index < -0.39 is 11.8 Å². The van der Waals surface area contributed by atoms with E-state index in [1.807, 2.05) is 17.0 Å². The van der Waals surface area contributed by atoms with Gasteiger partial charge in [0.05, 0.1) is 12.1 Å². The predicted octanol–water partition coefficient (Wildman–Crippen LogP) is 2.38. The van der Waals surface area contributed by atoms with E-state index in [-0.39, 0.29) is 12.5 Å². The van der Waals surface area contributed by atoms with Gasteiger partial charge in [-0.2, -0.15) is 0 Å². The minimum Gasteiger partial charge on any atom is -0.487 e. The average Bonchev–Trinajstić information content (AvgIpc) is 3.28. The van der Waals surface area contributed by atoms with E-state index in [1.54, 1.807) is 6.07 Å². The highest BCUT2D eigenvalue weighted by Gasteiger charge is 2.33. The fraction of sp³-hybridized carbons (Fsp3) is 0.304. The number of amides is 1. The summed E-state index contributed by atoms with van der Waals surface area (Å²) in [5.41, 5.74) is 4.48. The van der Waals surface area contributed by atoms with Gasteiger partial charge in [-0.3, -0.25) is 19.4 Å². The van der Waals surface area contributed by atoms with E-state index in [1.165, 1.54) is 12.1 Å². The number of hydrogen-bond acceptors (Lipinski definition) is 5. The highest BCUT2D eigenvalue weighted by atomic mass is 19.1. The quantitative estimate of drug-likeness (QED) is 0.735. The molecule has 3 aliphatic rings. The second-order valence-electron chi connectivity index (χ2n) is 8.07. The van der Waals surface area contributed by atoms with Crippen molar-refractivity contribution in [2.45, 2.75) is 13.2 Å². The summed E-state index contributed by atoms with van der Waals surface area (Å²) in [5.74, 6) is -0.985. The highest BCUT2D eigenvalue weighted by Crippen LogP contribution is 2.42. The summed E-state index contributed by atoms with van der Waals surface area (Å²) in [6.07, 6.45) is 0. The number of anilines is 1. The van der Waals surface area contributed by atoms with Gasteiger partial charge in [0.15, 0.2) is 0 Å². The van der Waals surface area contributed by atoms with Gasteiger partial charge in [0.2, 0.25) is 0 Å². The fourth-order valence-electron chi connectivity index (χ4n) is 4.44. The number of carboxylic acid groups (broad SMARTS) is 1. The molecule has 0 spiro atoms. The Morgan fingerprint density at radius 3 is 2.61 bits per heavy atom. The van der Waals surface area contributed by atoms with Crippen molar-refractivity contribution in [1.29, 1.82) is 0 Å². The molecule has 8 heteroatoms. The lowest BCUT2D eigenvalue weighted by Crippen LogP contribution is -2.47. The molecular formula is C23H22FN3O4. The number of hydrogen-bond donors (Lipinski definition) is 2. The third-order valence-corrected chi connectivity index (χ3v) is 5.97. The molecule has 1 amide bonds. The number of nitrogens with zero attached hydrogens (tertiary/aromatic N) is 2. The molecule has 3 aliphatic heterocycles. The molecule has 0 aromatic heterocycles. The van der Waals surface area contributed by atoms with Gasteiger partial charge in [-0.05, 0) is 23.8 Å². The van der Waals surface area contributed by atoms with Crippen molar-refractivity contribution >= 4 is 28.9 Å². The molecule has 0 aliphatic carbocycles. The largest absolute Gasteiger partial charge is 0.487 e. The summed E-state index contributed by atoms with van der Waals surface area (Å²) >= 11 is 0. The number of aliphatic carboxylic acids is 1. The van der Waals surface area contributed by atoms with Crippen molar-refractivity contribution in [1.82, 2.24) is 9.80 Å². The summed E-state index contributed by atoms with van der Waals surface area (Å²) in [6.45, 7) is 4.34. The van der Waals surface area contributed by atoms with Crippen LogP contribution in [0.3, 0.4) is 0 Å². The Kier molecular flexibility index (Phi) is 4.95. The molecule has 160 valence electrons. The zero-order valence-corrected chi connectivity index (χ0v) is 16.9. The Morgan fingerprint density at radius 2 is 1.84 bits per heavy atom. The van der Waals surface area contributed by atoms with Gasteiger partial charge in [0.1, 0.15) is 18.2 Å². The minimum atomic E-state index is -0.793. The van der Waals surface area contributed by atoms with Crippen LogP contribution in [0, 0.1) is 5.82 Å². The van der Waals surface area contributed by atoms with E-state index >= 15 is 0 Å². The summed E-state index contributed by atoms with van der Waals surface area (Å²) in [5, 5.41) is 11.7. The maximum Gasteiger partial charge on any atom is 0.317 e. The van der Waals surface area contributed by atoms with Crippen molar-refractivity contribution in [3.05, 3.63) is 64.5 Å². The lowest BCUT2D eigenvalue weighted by Gasteiger charge is -2.33. The number of rotatable bonds is 4. The topological polar surface area (TPSA) is 82.1 Å². The summed E-state index contributed by atoms with van der Waals surface area (Å²) in [7, 11) is 0. The third kappa shape index (κ3) is 3.80. The number of piperazine rings is 1. The van der Waals surface area contributed by atoms with Crippen molar-refractivity contribution in [3.8, 4) is 0 Å². The Labute approximate surface area is 178 Å². The van der Waals surface area contributed by atoms with E-state index in [4.69, 9.17) is 9.84 Å². The standard InChI is InChI=1S/C23H22FN3O4/c24-16-2-4-19-18(10-16)21(23(30)25-19)22-17-3-1-14(9-15(17)13-31-22)11-26-5-7-27(8-6-26)12-20(28)29/h1-4,9-10H,5-8,11-13H2,(H,25,30)(H,28,29)/b22-21+. The van der Waals surface area contributed by atoms with E-state index in [9.17, 15) is 14.0 Å². The number of carbonyl (C=O) groups is 2.